The van der Waals surface area contributed by atoms with Gasteiger partial charge in [-0.3, -0.25) is 0 Å². The number of anilines is 1. The van der Waals surface area contributed by atoms with Crippen molar-refractivity contribution < 1.29 is 9.53 Å². The van der Waals surface area contributed by atoms with E-state index < -0.39 is 0 Å². The third-order valence-electron chi connectivity index (χ3n) is 4.94. The van der Waals surface area contributed by atoms with Crippen molar-refractivity contribution in [2.24, 2.45) is 0 Å². The van der Waals surface area contributed by atoms with Crippen molar-refractivity contribution in [1.82, 2.24) is 14.5 Å². The molecule has 0 atom stereocenters. The van der Waals surface area contributed by atoms with Crippen LogP contribution in [-0.4, -0.2) is 33.7 Å². The molecule has 1 aliphatic rings. The topological polar surface area (TPSA) is 69.0 Å². The van der Waals surface area contributed by atoms with Gasteiger partial charge >= 0.3 is 5.97 Å². The first-order valence-electron chi connectivity index (χ1n) is 9.04. The fraction of sp³-hybridized carbons (Fsp3) is 0.350. The normalized spacial score (nSPS) is 15.1. The molecule has 0 radical (unpaired) electrons. The van der Waals surface area contributed by atoms with Crippen molar-refractivity contribution in [1.29, 1.82) is 0 Å². The molecule has 1 fully saturated rings. The van der Waals surface area contributed by atoms with E-state index in [9.17, 15) is 4.79 Å². The zero-order chi connectivity index (χ0) is 17.9. The lowest BCUT2D eigenvalue weighted by Gasteiger charge is -2.22. The molecule has 0 amide bonds. The van der Waals surface area contributed by atoms with Gasteiger partial charge in [0.15, 0.2) is 0 Å². The van der Waals surface area contributed by atoms with E-state index in [0.717, 1.165) is 16.7 Å². The molecule has 6 heteroatoms. The minimum Gasteiger partial charge on any atom is -0.465 e. The molecule has 134 valence electrons. The summed E-state index contributed by atoms with van der Waals surface area (Å²) in [6.07, 6.45) is 9.94. The van der Waals surface area contributed by atoms with Gasteiger partial charge in [0.25, 0.3) is 0 Å². The molecule has 0 aliphatic heterocycles. The highest BCUT2D eigenvalue weighted by Gasteiger charge is 2.15. The fourth-order valence-corrected chi connectivity index (χ4v) is 3.57. The predicted molar refractivity (Wildman–Crippen MR) is 101 cm³/mol. The van der Waals surface area contributed by atoms with Crippen LogP contribution in [-0.2, 0) is 4.74 Å². The van der Waals surface area contributed by atoms with E-state index in [4.69, 9.17) is 4.74 Å². The molecule has 1 aliphatic carbocycles. The maximum atomic E-state index is 11.7. The van der Waals surface area contributed by atoms with Gasteiger partial charge in [-0.1, -0.05) is 19.3 Å². The van der Waals surface area contributed by atoms with Crippen molar-refractivity contribution >= 4 is 22.8 Å². The summed E-state index contributed by atoms with van der Waals surface area (Å²) in [5.74, 6) is 1.14. The number of benzene rings is 1. The summed E-state index contributed by atoms with van der Waals surface area (Å²) >= 11 is 0. The molecule has 0 bridgehead atoms. The molecule has 3 aromatic rings. The van der Waals surface area contributed by atoms with E-state index in [2.05, 4.69) is 15.3 Å². The van der Waals surface area contributed by atoms with Crippen molar-refractivity contribution in [2.75, 3.05) is 12.4 Å². The Morgan fingerprint density at radius 1 is 1.19 bits per heavy atom. The van der Waals surface area contributed by atoms with Crippen LogP contribution in [0.5, 0.6) is 0 Å². The molecule has 2 aromatic heterocycles. The molecule has 1 aromatic carbocycles. The first-order chi connectivity index (χ1) is 12.7. The zero-order valence-corrected chi connectivity index (χ0v) is 14.8. The number of carbonyl (C=O) groups is 1. The number of methoxy groups -OCH3 is 1. The van der Waals surface area contributed by atoms with Gasteiger partial charge in [-0.05, 0) is 43.2 Å². The largest absolute Gasteiger partial charge is 0.465 e. The molecule has 0 unspecified atom stereocenters. The van der Waals surface area contributed by atoms with Gasteiger partial charge in [0.2, 0.25) is 5.95 Å². The summed E-state index contributed by atoms with van der Waals surface area (Å²) in [5.41, 5.74) is 1.53. The van der Waals surface area contributed by atoms with E-state index >= 15 is 0 Å². The first kappa shape index (κ1) is 16.6. The highest BCUT2D eigenvalue weighted by molar-refractivity contribution is 5.95. The summed E-state index contributed by atoms with van der Waals surface area (Å²) in [6.45, 7) is 0. The molecule has 26 heavy (non-hydrogen) atoms. The lowest BCUT2D eigenvalue weighted by molar-refractivity contribution is 0.0601. The molecule has 1 saturated carbocycles. The van der Waals surface area contributed by atoms with Crippen molar-refractivity contribution in [3.05, 3.63) is 48.3 Å². The highest BCUT2D eigenvalue weighted by atomic mass is 16.5. The Labute approximate surface area is 152 Å². The Balaban J connectivity index is 1.62. The number of hydrogen-bond acceptors (Lipinski definition) is 5. The molecular formula is C20H22N4O2. The number of nitrogens with one attached hydrogen (secondary N) is 1. The lowest BCUT2D eigenvalue weighted by atomic mass is 9.96. The van der Waals surface area contributed by atoms with Gasteiger partial charge in [0.1, 0.15) is 5.82 Å². The van der Waals surface area contributed by atoms with Gasteiger partial charge < -0.3 is 14.6 Å². The number of hydrogen-bond donors (Lipinski definition) is 1. The van der Waals surface area contributed by atoms with Crippen molar-refractivity contribution in [2.45, 2.75) is 38.1 Å². The highest BCUT2D eigenvalue weighted by Crippen LogP contribution is 2.23. The molecular weight excluding hydrogens is 328 g/mol. The van der Waals surface area contributed by atoms with E-state index in [0.29, 0.717) is 17.6 Å². The lowest BCUT2D eigenvalue weighted by Crippen LogP contribution is -2.23. The SMILES string of the molecule is COC(=O)c1ccc2c(ccn2-c2ccnc(NC3CCCCC3)n2)c1. The van der Waals surface area contributed by atoms with E-state index in [-0.39, 0.29) is 5.97 Å². The Morgan fingerprint density at radius 2 is 2.04 bits per heavy atom. The maximum Gasteiger partial charge on any atom is 0.337 e. The fourth-order valence-electron chi connectivity index (χ4n) is 3.57. The second kappa shape index (κ2) is 7.15. The number of nitrogens with zero attached hydrogens (tertiary/aromatic N) is 3. The summed E-state index contributed by atoms with van der Waals surface area (Å²) in [7, 11) is 1.39. The average Bonchev–Trinajstić information content (AvgIpc) is 3.11. The van der Waals surface area contributed by atoms with Gasteiger partial charge in [-0.15, -0.1) is 0 Å². The quantitative estimate of drug-likeness (QED) is 0.722. The smallest absolute Gasteiger partial charge is 0.337 e. The molecule has 0 spiro atoms. The second-order valence-electron chi connectivity index (χ2n) is 6.67. The Morgan fingerprint density at radius 3 is 2.85 bits per heavy atom. The Bertz CT molecular complexity index is 928. The number of rotatable bonds is 4. The molecule has 1 N–H and O–H groups in total. The van der Waals surface area contributed by atoms with Gasteiger partial charge in [-0.25, -0.2) is 9.78 Å². The Kier molecular flexibility index (Phi) is 4.56. The third-order valence-corrected chi connectivity index (χ3v) is 4.94. The Hall–Kier alpha value is -2.89. The van der Waals surface area contributed by atoms with Crippen LogP contribution in [0.2, 0.25) is 0 Å². The van der Waals surface area contributed by atoms with Crippen LogP contribution < -0.4 is 5.32 Å². The summed E-state index contributed by atoms with van der Waals surface area (Å²) in [4.78, 5) is 20.8. The number of esters is 1. The average molecular weight is 350 g/mol. The number of fused-ring (bicyclic) bond motifs is 1. The number of ether oxygens (including phenoxy) is 1. The summed E-state index contributed by atoms with van der Waals surface area (Å²) in [5, 5.41) is 4.43. The molecule has 2 heterocycles. The van der Waals surface area contributed by atoms with Crippen LogP contribution in [0.4, 0.5) is 5.95 Å². The summed E-state index contributed by atoms with van der Waals surface area (Å²) in [6, 6.07) is 9.84. The molecule has 4 rings (SSSR count). The van der Waals surface area contributed by atoms with Crippen molar-refractivity contribution in [3.8, 4) is 5.82 Å². The van der Waals surface area contributed by atoms with E-state index in [1.807, 2.05) is 35.0 Å². The number of aromatic nitrogens is 3. The minimum absolute atomic E-state index is 0.333. The van der Waals surface area contributed by atoms with Gasteiger partial charge in [-0.2, -0.15) is 4.98 Å². The second-order valence-corrected chi connectivity index (χ2v) is 6.67. The van der Waals surface area contributed by atoms with Crippen LogP contribution in [0.3, 0.4) is 0 Å². The van der Waals surface area contributed by atoms with Gasteiger partial charge in [0.05, 0.1) is 18.2 Å². The molecule has 6 nitrogen and oxygen atoms in total. The maximum absolute atomic E-state index is 11.7. The summed E-state index contributed by atoms with van der Waals surface area (Å²) < 4.78 is 6.79. The van der Waals surface area contributed by atoms with Crippen LogP contribution in [0.25, 0.3) is 16.7 Å². The van der Waals surface area contributed by atoms with Gasteiger partial charge in [0, 0.05) is 23.8 Å². The minimum atomic E-state index is -0.333. The van der Waals surface area contributed by atoms with E-state index in [1.54, 1.807) is 12.3 Å². The van der Waals surface area contributed by atoms with Crippen molar-refractivity contribution in [3.63, 3.8) is 0 Å². The zero-order valence-electron chi connectivity index (χ0n) is 14.8. The first-order valence-corrected chi connectivity index (χ1v) is 9.04. The predicted octanol–water partition coefficient (Wildman–Crippen LogP) is 3.95. The van der Waals surface area contributed by atoms with Crippen LogP contribution >= 0.6 is 0 Å². The monoisotopic (exact) mass is 350 g/mol. The van der Waals surface area contributed by atoms with Crippen LogP contribution in [0.1, 0.15) is 42.5 Å². The molecule has 0 saturated heterocycles. The van der Waals surface area contributed by atoms with Crippen LogP contribution in [0, 0.1) is 0 Å². The van der Waals surface area contributed by atoms with Crippen LogP contribution in [0.15, 0.2) is 42.7 Å². The standard InChI is InChI=1S/C20H22N4O2/c1-26-19(25)15-7-8-17-14(13-15)10-12-24(17)18-9-11-21-20(23-18)22-16-5-3-2-4-6-16/h7-13,16H,2-6H2,1H3,(H,21,22,23). The number of carbonyl (C=O) groups excluding carboxylic acids is 1. The van der Waals surface area contributed by atoms with E-state index in [1.165, 1.54) is 39.2 Å². The third kappa shape index (κ3) is 3.27.